The summed E-state index contributed by atoms with van der Waals surface area (Å²) in [5.74, 6) is 0.413. The number of hydroxylamine groups is 2. The fourth-order valence-electron chi connectivity index (χ4n) is 4.56. The predicted octanol–water partition coefficient (Wildman–Crippen LogP) is 4.68. The molecule has 5 nitrogen and oxygen atoms in total. The van der Waals surface area contributed by atoms with Crippen LogP contribution >= 0.6 is 0 Å². The second kappa shape index (κ2) is 8.88. The van der Waals surface area contributed by atoms with Crippen molar-refractivity contribution < 1.29 is 15.1 Å². The van der Waals surface area contributed by atoms with E-state index in [0.29, 0.717) is 18.8 Å². The lowest BCUT2D eigenvalue weighted by atomic mass is 9.78. The molecule has 0 aromatic heterocycles. The van der Waals surface area contributed by atoms with Gasteiger partial charge in [0.25, 0.3) is 0 Å². The van der Waals surface area contributed by atoms with Crippen molar-refractivity contribution in [3.8, 4) is 5.75 Å². The highest BCUT2D eigenvalue weighted by Gasteiger charge is 2.45. The van der Waals surface area contributed by atoms with Crippen molar-refractivity contribution in [2.45, 2.75) is 84.8 Å². The van der Waals surface area contributed by atoms with E-state index in [4.69, 9.17) is 0 Å². The van der Waals surface area contributed by atoms with Gasteiger partial charge in [-0.3, -0.25) is 4.79 Å². The number of hydrogen-bond acceptors (Lipinski definition) is 4. The summed E-state index contributed by atoms with van der Waals surface area (Å²) in [4.78, 5) is 12.9. The third kappa shape index (κ3) is 6.06. The highest BCUT2D eigenvalue weighted by molar-refractivity contribution is 5.81. The van der Waals surface area contributed by atoms with Crippen LogP contribution in [0.3, 0.4) is 0 Å². The maximum atomic E-state index is 12.9. The SMILES string of the molecule is C/C(=C\[C@H](C)Cc1ccc(O)cc1)[C@H](C)C(=O)NC1CC(C)(C)N(O)C(C)(C)C1. The van der Waals surface area contributed by atoms with E-state index in [-0.39, 0.29) is 34.7 Å². The third-order valence-corrected chi connectivity index (χ3v) is 6.10. The number of nitrogens with one attached hydrogen (secondary N) is 1. The molecule has 1 aliphatic rings. The van der Waals surface area contributed by atoms with Crippen LogP contribution in [0, 0.1) is 11.8 Å². The van der Waals surface area contributed by atoms with E-state index in [1.54, 1.807) is 12.1 Å². The number of allylic oxidation sites excluding steroid dienone is 1. The molecule has 0 unspecified atom stereocenters. The molecule has 162 valence electrons. The first-order valence-corrected chi connectivity index (χ1v) is 10.6. The van der Waals surface area contributed by atoms with Crippen LogP contribution in [-0.4, -0.2) is 38.4 Å². The Morgan fingerprint density at radius 1 is 1.17 bits per heavy atom. The highest BCUT2D eigenvalue weighted by Crippen LogP contribution is 2.36. The zero-order valence-corrected chi connectivity index (χ0v) is 19.0. The first-order valence-electron chi connectivity index (χ1n) is 10.6. The topological polar surface area (TPSA) is 72.8 Å². The smallest absolute Gasteiger partial charge is 0.227 e. The number of nitrogens with zero attached hydrogens (tertiary/aromatic N) is 1. The number of carbonyl (C=O) groups excluding carboxylic acids is 1. The zero-order chi connectivity index (χ0) is 22.0. The minimum absolute atomic E-state index is 0.0403. The largest absolute Gasteiger partial charge is 0.508 e. The van der Waals surface area contributed by atoms with Gasteiger partial charge in [-0.05, 0) is 84.4 Å². The van der Waals surface area contributed by atoms with Gasteiger partial charge in [-0.2, -0.15) is 5.06 Å². The van der Waals surface area contributed by atoms with E-state index in [2.05, 4.69) is 18.3 Å². The maximum absolute atomic E-state index is 12.9. The van der Waals surface area contributed by atoms with Crippen LogP contribution in [0.25, 0.3) is 0 Å². The Morgan fingerprint density at radius 3 is 2.21 bits per heavy atom. The van der Waals surface area contributed by atoms with Gasteiger partial charge in [0.2, 0.25) is 5.91 Å². The summed E-state index contributed by atoms with van der Waals surface area (Å²) in [5, 5.41) is 24.5. The Labute approximate surface area is 175 Å². The van der Waals surface area contributed by atoms with Gasteiger partial charge in [0.1, 0.15) is 5.75 Å². The van der Waals surface area contributed by atoms with E-state index in [9.17, 15) is 15.1 Å². The molecule has 1 amide bonds. The van der Waals surface area contributed by atoms with E-state index in [1.807, 2.05) is 53.7 Å². The summed E-state index contributed by atoms with van der Waals surface area (Å²) >= 11 is 0. The summed E-state index contributed by atoms with van der Waals surface area (Å²) in [6.45, 7) is 14.1. The van der Waals surface area contributed by atoms with Gasteiger partial charge in [0.05, 0.1) is 5.92 Å². The molecule has 1 aliphatic heterocycles. The molecule has 0 radical (unpaired) electrons. The van der Waals surface area contributed by atoms with Crippen LogP contribution in [0.1, 0.15) is 66.9 Å². The van der Waals surface area contributed by atoms with Crippen LogP contribution in [0.5, 0.6) is 5.75 Å². The van der Waals surface area contributed by atoms with Crippen LogP contribution in [0.4, 0.5) is 0 Å². The zero-order valence-electron chi connectivity index (χ0n) is 19.0. The second-order valence-electron chi connectivity index (χ2n) is 10.0. The Bertz CT molecular complexity index is 719. The minimum Gasteiger partial charge on any atom is -0.508 e. The molecule has 1 fully saturated rings. The highest BCUT2D eigenvalue weighted by atomic mass is 16.5. The molecule has 3 N–H and O–H groups in total. The molecule has 2 atom stereocenters. The van der Waals surface area contributed by atoms with E-state index in [1.165, 1.54) is 5.06 Å². The molecule has 0 aliphatic carbocycles. The van der Waals surface area contributed by atoms with Gasteiger partial charge in [0, 0.05) is 17.1 Å². The standard InChI is InChI=1S/C24H38N2O3/c1-16(13-19-8-10-21(27)11-9-19)12-17(2)18(3)22(28)25-20-14-23(4,5)26(29)24(6,7)15-20/h8-12,16,18,20,27,29H,13-15H2,1-7H3,(H,25,28)/b17-12+/t16-,18-/m0/s1. The van der Waals surface area contributed by atoms with Gasteiger partial charge >= 0.3 is 0 Å². The lowest BCUT2D eigenvalue weighted by Gasteiger charge is -2.51. The molecule has 0 spiro atoms. The quantitative estimate of drug-likeness (QED) is 0.604. The number of rotatable bonds is 6. The summed E-state index contributed by atoms with van der Waals surface area (Å²) in [6.07, 6.45) is 4.46. The number of hydrogen-bond donors (Lipinski definition) is 3. The number of aromatic hydroxyl groups is 1. The minimum atomic E-state index is -0.382. The predicted molar refractivity (Wildman–Crippen MR) is 117 cm³/mol. The van der Waals surface area contributed by atoms with Gasteiger partial charge in [-0.15, -0.1) is 0 Å². The van der Waals surface area contributed by atoms with Gasteiger partial charge in [-0.25, -0.2) is 0 Å². The Morgan fingerprint density at radius 2 is 1.69 bits per heavy atom. The van der Waals surface area contributed by atoms with Crippen LogP contribution in [0.2, 0.25) is 0 Å². The average Bonchev–Trinajstić information content (AvgIpc) is 2.60. The monoisotopic (exact) mass is 402 g/mol. The molecular weight excluding hydrogens is 364 g/mol. The van der Waals surface area contributed by atoms with Crippen molar-refractivity contribution in [3.05, 3.63) is 41.5 Å². The summed E-state index contributed by atoms with van der Waals surface area (Å²) < 4.78 is 0. The maximum Gasteiger partial charge on any atom is 0.227 e. The van der Waals surface area contributed by atoms with E-state index < -0.39 is 0 Å². The van der Waals surface area contributed by atoms with E-state index in [0.717, 1.165) is 17.6 Å². The molecule has 1 saturated heterocycles. The number of piperidine rings is 1. The average molecular weight is 403 g/mol. The number of amides is 1. The van der Waals surface area contributed by atoms with Crippen molar-refractivity contribution in [1.29, 1.82) is 0 Å². The Hall–Kier alpha value is -1.85. The molecule has 2 rings (SSSR count). The van der Waals surface area contributed by atoms with Crippen LogP contribution < -0.4 is 5.32 Å². The van der Waals surface area contributed by atoms with Crippen molar-refractivity contribution in [1.82, 2.24) is 10.4 Å². The Kier molecular flexibility index (Phi) is 7.18. The first-order chi connectivity index (χ1) is 13.3. The van der Waals surface area contributed by atoms with E-state index >= 15 is 0 Å². The molecule has 0 bridgehead atoms. The van der Waals surface area contributed by atoms with Crippen molar-refractivity contribution in [2.75, 3.05) is 0 Å². The number of carbonyl (C=O) groups is 1. The molecule has 0 saturated carbocycles. The Balaban J connectivity index is 1.97. The lowest BCUT2D eigenvalue weighted by Crippen LogP contribution is -2.63. The number of phenolic OH excluding ortho intramolecular Hbond substituents is 1. The van der Waals surface area contributed by atoms with Gasteiger partial charge in [0.15, 0.2) is 0 Å². The molecule has 1 aromatic rings. The van der Waals surface area contributed by atoms with Crippen LogP contribution in [0.15, 0.2) is 35.9 Å². The summed E-state index contributed by atoms with van der Waals surface area (Å²) in [7, 11) is 0. The van der Waals surface area contributed by atoms with Crippen molar-refractivity contribution in [2.24, 2.45) is 11.8 Å². The molecular formula is C24H38N2O3. The summed E-state index contributed by atoms with van der Waals surface area (Å²) in [6, 6.07) is 7.32. The molecule has 5 heteroatoms. The molecule has 1 aromatic carbocycles. The lowest BCUT2D eigenvalue weighted by molar-refractivity contribution is -0.246. The number of benzene rings is 1. The van der Waals surface area contributed by atoms with Crippen molar-refractivity contribution in [3.63, 3.8) is 0 Å². The molecule has 29 heavy (non-hydrogen) atoms. The van der Waals surface area contributed by atoms with Gasteiger partial charge in [-0.1, -0.05) is 30.7 Å². The second-order valence-corrected chi connectivity index (χ2v) is 10.0. The fraction of sp³-hybridized carbons (Fsp3) is 0.625. The normalized spacial score (nSPS) is 22.1. The first kappa shape index (κ1) is 23.4. The van der Waals surface area contributed by atoms with Crippen LogP contribution in [-0.2, 0) is 11.2 Å². The summed E-state index contributed by atoms with van der Waals surface area (Å²) in [5.41, 5.74) is 1.46. The number of phenols is 1. The van der Waals surface area contributed by atoms with Crippen molar-refractivity contribution >= 4 is 5.91 Å². The fourth-order valence-corrected chi connectivity index (χ4v) is 4.56. The molecule has 1 heterocycles. The van der Waals surface area contributed by atoms with Gasteiger partial charge < -0.3 is 15.6 Å². The third-order valence-electron chi connectivity index (χ3n) is 6.10.